The summed E-state index contributed by atoms with van der Waals surface area (Å²) in [5, 5.41) is 2.95. The van der Waals surface area contributed by atoms with Gasteiger partial charge in [0, 0.05) is 24.3 Å². The highest BCUT2D eigenvalue weighted by Gasteiger charge is 2.19. The van der Waals surface area contributed by atoms with Gasteiger partial charge in [0.2, 0.25) is 0 Å². The Morgan fingerprint density at radius 1 is 1.03 bits per heavy atom. The van der Waals surface area contributed by atoms with Gasteiger partial charge in [0.15, 0.2) is 18.1 Å². The number of hydrogen-bond donors (Lipinski definition) is 1. The van der Waals surface area contributed by atoms with Crippen LogP contribution in [0.2, 0.25) is 0 Å². The highest BCUT2D eigenvalue weighted by atomic mass is 16.5. The number of ether oxygens (including phenoxy) is 3. The van der Waals surface area contributed by atoms with E-state index >= 15 is 0 Å². The van der Waals surface area contributed by atoms with E-state index in [1.165, 1.54) is 0 Å². The third-order valence-corrected chi connectivity index (χ3v) is 4.87. The fourth-order valence-corrected chi connectivity index (χ4v) is 3.23. The van der Waals surface area contributed by atoms with E-state index in [9.17, 15) is 9.59 Å². The Morgan fingerprint density at radius 3 is 2.53 bits per heavy atom. The summed E-state index contributed by atoms with van der Waals surface area (Å²) in [5.74, 6) is 0.541. The number of rotatable bonds is 8. The fourth-order valence-electron chi connectivity index (χ4n) is 3.23. The molecule has 1 saturated heterocycles. The number of hydrogen-bond acceptors (Lipinski definition) is 5. The molecule has 0 aromatic heterocycles. The van der Waals surface area contributed by atoms with Gasteiger partial charge in [0.05, 0.1) is 19.8 Å². The average molecular weight is 412 g/mol. The van der Waals surface area contributed by atoms with E-state index in [4.69, 9.17) is 14.2 Å². The number of aryl methyl sites for hydroxylation is 1. The standard InChI is InChI=1S/C23H28N2O5/c1-3-17-7-5-6-8-19(17)24-23(27)18-9-10-20(21(15-18)29-4-2)30-16-22(26)25-11-13-28-14-12-25/h5-10,15H,3-4,11-14,16H2,1-2H3,(H,24,27). The molecule has 2 aromatic carbocycles. The number of morpholine rings is 1. The second kappa shape index (κ2) is 10.6. The smallest absolute Gasteiger partial charge is 0.260 e. The maximum absolute atomic E-state index is 12.7. The zero-order valence-electron chi connectivity index (χ0n) is 17.5. The van der Waals surface area contributed by atoms with Crippen LogP contribution in [-0.4, -0.2) is 56.2 Å². The Labute approximate surface area is 176 Å². The largest absolute Gasteiger partial charge is 0.490 e. The first-order valence-electron chi connectivity index (χ1n) is 10.3. The SMILES string of the molecule is CCOc1cc(C(=O)Nc2ccccc2CC)ccc1OCC(=O)N1CCOCC1. The van der Waals surface area contributed by atoms with E-state index in [0.29, 0.717) is 50.0 Å². The van der Waals surface area contributed by atoms with Gasteiger partial charge in [-0.1, -0.05) is 25.1 Å². The molecule has 0 spiro atoms. The number of nitrogens with zero attached hydrogens (tertiary/aromatic N) is 1. The van der Waals surface area contributed by atoms with E-state index in [-0.39, 0.29) is 18.4 Å². The molecule has 0 bridgehead atoms. The summed E-state index contributed by atoms with van der Waals surface area (Å²) in [7, 11) is 0. The first-order valence-corrected chi connectivity index (χ1v) is 10.3. The zero-order chi connectivity index (χ0) is 21.3. The first-order chi connectivity index (χ1) is 14.6. The second-order valence-electron chi connectivity index (χ2n) is 6.84. The summed E-state index contributed by atoms with van der Waals surface area (Å²) in [6.45, 7) is 6.45. The molecule has 1 aliphatic heterocycles. The summed E-state index contributed by atoms with van der Waals surface area (Å²) < 4.78 is 16.6. The van der Waals surface area contributed by atoms with Crippen LogP contribution in [0.3, 0.4) is 0 Å². The van der Waals surface area contributed by atoms with Gasteiger partial charge < -0.3 is 24.4 Å². The van der Waals surface area contributed by atoms with Crippen molar-refractivity contribution >= 4 is 17.5 Å². The Kier molecular flexibility index (Phi) is 7.68. The molecule has 7 nitrogen and oxygen atoms in total. The molecule has 1 N–H and O–H groups in total. The third kappa shape index (κ3) is 5.51. The van der Waals surface area contributed by atoms with Crippen molar-refractivity contribution < 1.29 is 23.8 Å². The van der Waals surface area contributed by atoms with Gasteiger partial charge in [-0.15, -0.1) is 0 Å². The van der Waals surface area contributed by atoms with Crippen molar-refractivity contribution in [3.8, 4) is 11.5 Å². The molecule has 3 rings (SSSR count). The Morgan fingerprint density at radius 2 is 1.80 bits per heavy atom. The average Bonchev–Trinajstić information content (AvgIpc) is 2.79. The highest BCUT2D eigenvalue weighted by molar-refractivity contribution is 6.05. The summed E-state index contributed by atoms with van der Waals surface area (Å²) in [5.41, 5.74) is 2.31. The molecule has 1 aliphatic rings. The summed E-state index contributed by atoms with van der Waals surface area (Å²) in [6, 6.07) is 12.7. The van der Waals surface area contributed by atoms with E-state index in [1.54, 1.807) is 23.1 Å². The summed E-state index contributed by atoms with van der Waals surface area (Å²) >= 11 is 0. The Balaban J connectivity index is 1.69. The Bertz CT molecular complexity index is 878. The topological polar surface area (TPSA) is 77.1 Å². The van der Waals surface area contributed by atoms with Gasteiger partial charge in [-0.2, -0.15) is 0 Å². The third-order valence-electron chi connectivity index (χ3n) is 4.87. The van der Waals surface area contributed by atoms with Crippen molar-refractivity contribution in [3.63, 3.8) is 0 Å². The monoisotopic (exact) mass is 412 g/mol. The van der Waals surface area contributed by atoms with Crippen molar-refractivity contribution in [3.05, 3.63) is 53.6 Å². The normalized spacial score (nSPS) is 13.6. The minimum Gasteiger partial charge on any atom is -0.490 e. The maximum atomic E-state index is 12.7. The molecule has 0 radical (unpaired) electrons. The van der Waals surface area contributed by atoms with Gasteiger partial charge in [-0.05, 0) is 43.2 Å². The molecule has 0 saturated carbocycles. The van der Waals surface area contributed by atoms with Crippen LogP contribution in [0.1, 0.15) is 29.8 Å². The van der Waals surface area contributed by atoms with Gasteiger partial charge in [0.25, 0.3) is 11.8 Å². The van der Waals surface area contributed by atoms with Gasteiger partial charge in [-0.3, -0.25) is 9.59 Å². The number of anilines is 1. The van der Waals surface area contributed by atoms with Crippen LogP contribution in [0, 0.1) is 0 Å². The lowest BCUT2D eigenvalue weighted by Crippen LogP contribution is -2.43. The van der Waals surface area contributed by atoms with Crippen LogP contribution in [0.15, 0.2) is 42.5 Å². The fraction of sp³-hybridized carbons (Fsp3) is 0.391. The van der Waals surface area contributed by atoms with Crippen molar-refractivity contribution in [2.24, 2.45) is 0 Å². The van der Waals surface area contributed by atoms with Crippen LogP contribution in [0.25, 0.3) is 0 Å². The molecule has 0 atom stereocenters. The summed E-state index contributed by atoms with van der Waals surface area (Å²) in [6.07, 6.45) is 0.824. The van der Waals surface area contributed by atoms with E-state index in [2.05, 4.69) is 5.32 Å². The van der Waals surface area contributed by atoms with Crippen molar-refractivity contribution in [1.82, 2.24) is 4.90 Å². The lowest BCUT2D eigenvalue weighted by molar-refractivity contribution is -0.137. The molecule has 0 aliphatic carbocycles. The van der Waals surface area contributed by atoms with Crippen LogP contribution in [0.4, 0.5) is 5.69 Å². The lowest BCUT2D eigenvalue weighted by atomic mass is 10.1. The molecule has 7 heteroatoms. The van der Waals surface area contributed by atoms with Crippen molar-refractivity contribution in [2.75, 3.05) is 44.8 Å². The van der Waals surface area contributed by atoms with Gasteiger partial charge in [-0.25, -0.2) is 0 Å². The molecule has 1 heterocycles. The van der Waals surface area contributed by atoms with Gasteiger partial charge in [0.1, 0.15) is 0 Å². The number of para-hydroxylation sites is 1. The molecule has 1 fully saturated rings. The van der Waals surface area contributed by atoms with Crippen LogP contribution in [0.5, 0.6) is 11.5 Å². The summed E-state index contributed by atoms with van der Waals surface area (Å²) in [4.78, 5) is 26.8. The van der Waals surface area contributed by atoms with Crippen molar-refractivity contribution in [2.45, 2.75) is 20.3 Å². The molecule has 160 valence electrons. The van der Waals surface area contributed by atoms with E-state index < -0.39 is 0 Å². The number of nitrogens with one attached hydrogen (secondary N) is 1. The number of carbonyl (C=O) groups excluding carboxylic acids is 2. The van der Waals surface area contributed by atoms with E-state index in [1.807, 2.05) is 38.1 Å². The van der Waals surface area contributed by atoms with Crippen LogP contribution in [-0.2, 0) is 16.0 Å². The lowest BCUT2D eigenvalue weighted by Gasteiger charge is -2.26. The van der Waals surface area contributed by atoms with E-state index in [0.717, 1.165) is 17.7 Å². The number of amides is 2. The highest BCUT2D eigenvalue weighted by Crippen LogP contribution is 2.29. The van der Waals surface area contributed by atoms with Crippen LogP contribution < -0.4 is 14.8 Å². The Hall–Kier alpha value is -3.06. The van der Waals surface area contributed by atoms with Gasteiger partial charge >= 0.3 is 0 Å². The first kappa shape index (κ1) is 21.6. The zero-order valence-corrected chi connectivity index (χ0v) is 17.5. The second-order valence-corrected chi connectivity index (χ2v) is 6.84. The number of benzene rings is 2. The number of carbonyl (C=O) groups is 2. The molecule has 0 unspecified atom stereocenters. The molecular weight excluding hydrogens is 384 g/mol. The predicted molar refractivity (Wildman–Crippen MR) is 114 cm³/mol. The predicted octanol–water partition coefficient (Wildman–Crippen LogP) is 3.14. The minimum absolute atomic E-state index is 0.0878. The molecule has 30 heavy (non-hydrogen) atoms. The maximum Gasteiger partial charge on any atom is 0.260 e. The van der Waals surface area contributed by atoms with Crippen molar-refractivity contribution in [1.29, 1.82) is 0 Å². The quantitative estimate of drug-likeness (QED) is 0.721. The molecular formula is C23H28N2O5. The minimum atomic E-state index is -0.229. The molecule has 2 amide bonds. The van der Waals surface area contributed by atoms with Crippen LogP contribution >= 0.6 is 0 Å². The molecule has 2 aromatic rings.